The maximum atomic E-state index is 12.0. The van der Waals surface area contributed by atoms with E-state index in [9.17, 15) is 4.79 Å². The van der Waals surface area contributed by atoms with Crippen LogP contribution in [-0.2, 0) is 10.3 Å². The Balaban J connectivity index is 2.02. The summed E-state index contributed by atoms with van der Waals surface area (Å²) in [5.74, 6) is 0.800. The van der Waals surface area contributed by atoms with Crippen LogP contribution in [0.2, 0.25) is 0 Å². The van der Waals surface area contributed by atoms with Gasteiger partial charge in [-0.15, -0.1) is 0 Å². The van der Waals surface area contributed by atoms with Gasteiger partial charge in [0.15, 0.2) is 6.10 Å². The Morgan fingerprint density at radius 1 is 1.47 bits per heavy atom. The van der Waals surface area contributed by atoms with Gasteiger partial charge in [0.2, 0.25) is 0 Å². The third-order valence-electron chi connectivity index (χ3n) is 4.31. The first-order valence-corrected chi connectivity index (χ1v) is 6.85. The van der Waals surface area contributed by atoms with Crippen LogP contribution in [0, 0.1) is 0 Å². The van der Waals surface area contributed by atoms with Crippen molar-refractivity contribution in [1.82, 2.24) is 5.32 Å². The van der Waals surface area contributed by atoms with E-state index in [0.29, 0.717) is 0 Å². The van der Waals surface area contributed by atoms with Crippen molar-refractivity contribution in [1.29, 1.82) is 0 Å². The van der Waals surface area contributed by atoms with Crippen LogP contribution in [-0.4, -0.2) is 25.6 Å². The van der Waals surface area contributed by atoms with E-state index in [2.05, 4.69) is 24.4 Å². The highest BCUT2D eigenvalue weighted by Gasteiger charge is 2.33. The second-order valence-corrected chi connectivity index (χ2v) is 5.70. The van der Waals surface area contributed by atoms with Gasteiger partial charge in [-0.1, -0.05) is 6.07 Å². The van der Waals surface area contributed by atoms with Crippen LogP contribution in [0.25, 0.3) is 0 Å². The van der Waals surface area contributed by atoms with Gasteiger partial charge < -0.3 is 15.0 Å². The minimum absolute atomic E-state index is 0.00850. The highest BCUT2D eigenvalue weighted by Crippen LogP contribution is 2.38. The molecule has 1 aromatic carbocycles. The summed E-state index contributed by atoms with van der Waals surface area (Å²) in [5.41, 5.74) is 2.11. The molecule has 2 unspecified atom stereocenters. The van der Waals surface area contributed by atoms with Crippen molar-refractivity contribution in [2.24, 2.45) is 0 Å². The zero-order valence-electron chi connectivity index (χ0n) is 11.7. The van der Waals surface area contributed by atoms with E-state index in [1.54, 1.807) is 11.8 Å². The van der Waals surface area contributed by atoms with Crippen molar-refractivity contribution >= 4 is 11.6 Å². The number of fused-ring (bicyclic) bond motifs is 1. The molecule has 0 aromatic heterocycles. The fourth-order valence-electron chi connectivity index (χ4n) is 3.00. The molecule has 19 heavy (non-hydrogen) atoms. The number of hydrogen-bond donors (Lipinski definition) is 1. The lowest BCUT2D eigenvalue weighted by molar-refractivity contribution is -0.125. The third-order valence-corrected chi connectivity index (χ3v) is 4.31. The number of carbonyl (C=O) groups excluding carboxylic acids is 1. The van der Waals surface area contributed by atoms with E-state index in [0.717, 1.165) is 24.4 Å². The van der Waals surface area contributed by atoms with E-state index in [4.69, 9.17) is 4.74 Å². The molecular formula is C15H20N2O2. The van der Waals surface area contributed by atoms with Crippen molar-refractivity contribution in [2.75, 3.05) is 18.5 Å². The van der Waals surface area contributed by atoms with Gasteiger partial charge in [0.1, 0.15) is 5.75 Å². The Morgan fingerprint density at radius 3 is 2.95 bits per heavy atom. The molecule has 0 radical (unpaired) electrons. The van der Waals surface area contributed by atoms with Crippen LogP contribution < -0.4 is 15.0 Å². The molecule has 1 aromatic rings. The molecule has 2 aliphatic heterocycles. The molecule has 0 aliphatic carbocycles. The molecule has 1 amide bonds. The van der Waals surface area contributed by atoms with Gasteiger partial charge in [-0.2, -0.15) is 0 Å². The lowest BCUT2D eigenvalue weighted by atomic mass is 9.90. The monoisotopic (exact) mass is 260 g/mol. The predicted molar refractivity (Wildman–Crippen MR) is 74.5 cm³/mol. The molecule has 4 nitrogen and oxygen atoms in total. The Hall–Kier alpha value is -1.55. The van der Waals surface area contributed by atoms with Crippen molar-refractivity contribution in [2.45, 2.75) is 38.3 Å². The standard InChI is InChI=1S/C15H20N2O2/c1-10-14(18)17(3)12-9-11(5-6-13(12)19-10)15(2)7-4-8-16-15/h5-6,9-10,16H,4,7-8H2,1-3H3. The Morgan fingerprint density at radius 2 is 2.26 bits per heavy atom. The second-order valence-electron chi connectivity index (χ2n) is 5.70. The number of hydrogen-bond acceptors (Lipinski definition) is 3. The highest BCUT2D eigenvalue weighted by atomic mass is 16.5. The van der Waals surface area contributed by atoms with Crippen LogP contribution in [0.3, 0.4) is 0 Å². The number of nitrogens with one attached hydrogen (secondary N) is 1. The van der Waals surface area contributed by atoms with Crippen molar-refractivity contribution in [3.05, 3.63) is 23.8 Å². The molecule has 4 heteroatoms. The summed E-state index contributed by atoms with van der Waals surface area (Å²) >= 11 is 0. The molecule has 1 fully saturated rings. The smallest absolute Gasteiger partial charge is 0.267 e. The van der Waals surface area contributed by atoms with Gasteiger partial charge in [-0.3, -0.25) is 4.79 Å². The quantitative estimate of drug-likeness (QED) is 0.840. The summed E-state index contributed by atoms with van der Waals surface area (Å²) in [6, 6.07) is 6.17. The summed E-state index contributed by atoms with van der Waals surface area (Å²) in [7, 11) is 1.81. The van der Waals surface area contributed by atoms with Crippen LogP contribution >= 0.6 is 0 Å². The van der Waals surface area contributed by atoms with Gasteiger partial charge in [0.05, 0.1) is 5.69 Å². The van der Waals surface area contributed by atoms with E-state index in [1.807, 2.05) is 13.1 Å². The molecule has 0 bridgehead atoms. The largest absolute Gasteiger partial charge is 0.479 e. The molecule has 2 heterocycles. The van der Waals surface area contributed by atoms with E-state index >= 15 is 0 Å². The van der Waals surface area contributed by atoms with E-state index in [1.165, 1.54) is 12.0 Å². The molecular weight excluding hydrogens is 240 g/mol. The number of carbonyl (C=O) groups is 1. The minimum atomic E-state index is -0.399. The zero-order valence-corrected chi connectivity index (χ0v) is 11.7. The van der Waals surface area contributed by atoms with Crippen molar-refractivity contribution in [3.8, 4) is 5.75 Å². The first-order valence-electron chi connectivity index (χ1n) is 6.85. The number of anilines is 1. The van der Waals surface area contributed by atoms with Crippen LogP contribution in [0.4, 0.5) is 5.69 Å². The van der Waals surface area contributed by atoms with Crippen LogP contribution in [0.15, 0.2) is 18.2 Å². The Bertz CT molecular complexity index is 521. The van der Waals surface area contributed by atoms with E-state index < -0.39 is 6.10 Å². The number of rotatable bonds is 1. The zero-order chi connectivity index (χ0) is 13.6. The van der Waals surface area contributed by atoms with Crippen molar-refractivity contribution in [3.63, 3.8) is 0 Å². The average Bonchev–Trinajstić information content (AvgIpc) is 2.84. The van der Waals surface area contributed by atoms with Crippen LogP contribution in [0.5, 0.6) is 5.75 Å². The van der Waals surface area contributed by atoms with Gasteiger partial charge in [-0.05, 0) is 50.9 Å². The van der Waals surface area contributed by atoms with Gasteiger partial charge in [-0.25, -0.2) is 0 Å². The maximum absolute atomic E-state index is 12.0. The molecule has 0 spiro atoms. The summed E-state index contributed by atoms with van der Waals surface area (Å²) in [4.78, 5) is 13.7. The average molecular weight is 260 g/mol. The lowest BCUT2D eigenvalue weighted by Crippen LogP contribution is -2.42. The summed E-state index contributed by atoms with van der Waals surface area (Å²) in [6.45, 7) is 5.06. The normalized spacial score (nSPS) is 30.2. The molecule has 3 rings (SSSR count). The van der Waals surface area contributed by atoms with Gasteiger partial charge in [0.25, 0.3) is 5.91 Å². The lowest BCUT2D eigenvalue weighted by Gasteiger charge is -2.33. The number of nitrogens with zero attached hydrogens (tertiary/aromatic N) is 1. The highest BCUT2D eigenvalue weighted by molar-refractivity contribution is 5.99. The Labute approximate surface area is 113 Å². The first kappa shape index (κ1) is 12.5. The predicted octanol–water partition coefficient (Wildman–Crippen LogP) is 2.03. The molecule has 1 N–H and O–H groups in total. The number of amides is 1. The van der Waals surface area contributed by atoms with E-state index in [-0.39, 0.29) is 11.4 Å². The minimum Gasteiger partial charge on any atom is -0.479 e. The molecule has 0 saturated carbocycles. The number of benzene rings is 1. The van der Waals surface area contributed by atoms with Gasteiger partial charge in [0, 0.05) is 12.6 Å². The van der Waals surface area contributed by atoms with Crippen molar-refractivity contribution < 1.29 is 9.53 Å². The summed E-state index contributed by atoms with van der Waals surface area (Å²) in [6.07, 6.45) is 1.92. The molecule has 2 atom stereocenters. The summed E-state index contributed by atoms with van der Waals surface area (Å²) < 4.78 is 5.65. The van der Waals surface area contributed by atoms with Crippen LogP contribution in [0.1, 0.15) is 32.3 Å². The fourth-order valence-corrected chi connectivity index (χ4v) is 3.00. The third kappa shape index (κ3) is 1.91. The number of likely N-dealkylation sites (N-methyl/N-ethyl adjacent to an activating group) is 1. The molecule has 2 aliphatic rings. The summed E-state index contributed by atoms with van der Waals surface area (Å²) in [5, 5.41) is 3.55. The topological polar surface area (TPSA) is 41.6 Å². The number of ether oxygens (including phenoxy) is 1. The van der Waals surface area contributed by atoms with Gasteiger partial charge >= 0.3 is 0 Å². The maximum Gasteiger partial charge on any atom is 0.267 e. The molecule has 102 valence electrons. The first-order chi connectivity index (χ1) is 9.01. The molecule has 1 saturated heterocycles. The fraction of sp³-hybridized carbons (Fsp3) is 0.533. The Kier molecular flexibility index (Phi) is 2.78. The second kappa shape index (κ2) is 4.23. The SMILES string of the molecule is CC1Oc2ccc(C3(C)CCCN3)cc2N(C)C1=O.